The van der Waals surface area contributed by atoms with Gasteiger partial charge in [0.2, 0.25) is 5.91 Å². The fourth-order valence-corrected chi connectivity index (χ4v) is 3.89. The molecule has 4 rings (SSSR count). The highest BCUT2D eigenvalue weighted by molar-refractivity contribution is 5.79. The number of aliphatic carboxylic acids is 1. The second kappa shape index (κ2) is 8.45. The molecule has 1 unspecified atom stereocenters. The maximum atomic E-state index is 12.4. The average Bonchev–Trinajstić information content (AvgIpc) is 3.14. The second-order valence-corrected chi connectivity index (χ2v) is 7.21. The number of aromatic nitrogens is 2. The van der Waals surface area contributed by atoms with Gasteiger partial charge in [-0.3, -0.25) is 4.79 Å². The number of ether oxygens (including phenoxy) is 1. The number of amides is 1. The maximum Gasteiger partial charge on any atom is 0.329 e. The summed E-state index contributed by atoms with van der Waals surface area (Å²) < 4.78 is 7.08. The summed E-state index contributed by atoms with van der Waals surface area (Å²) in [6, 6.07) is 16.1. The van der Waals surface area contributed by atoms with E-state index in [1.54, 1.807) is 4.90 Å². The molecule has 0 bridgehead atoms. The predicted molar refractivity (Wildman–Crippen MR) is 108 cm³/mol. The number of carboxylic acid groups (broad SMARTS) is 1. The van der Waals surface area contributed by atoms with Crippen molar-refractivity contribution in [2.75, 3.05) is 26.3 Å². The van der Waals surface area contributed by atoms with Crippen molar-refractivity contribution in [3.8, 4) is 11.3 Å². The number of benzene rings is 1. The highest BCUT2D eigenvalue weighted by atomic mass is 16.5. The monoisotopic (exact) mass is 393 g/mol. The van der Waals surface area contributed by atoms with Crippen LogP contribution in [-0.4, -0.2) is 57.6 Å². The Bertz CT molecular complexity index is 1020. The quantitative estimate of drug-likeness (QED) is 0.696. The van der Waals surface area contributed by atoms with Gasteiger partial charge in [0, 0.05) is 30.8 Å². The summed E-state index contributed by atoms with van der Waals surface area (Å²) in [5.74, 6) is -0.199. The van der Waals surface area contributed by atoms with Gasteiger partial charge in [0.05, 0.1) is 11.2 Å². The summed E-state index contributed by atoms with van der Waals surface area (Å²) in [6.45, 7) is 0.531. The van der Waals surface area contributed by atoms with E-state index in [1.807, 2.05) is 36.5 Å². The van der Waals surface area contributed by atoms with Gasteiger partial charge in [-0.25, -0.2) is 9.78 Å². The second-order valence-electron chi connectivity index (χ2n) is 7.21. The number of pyridine rings is 1. The molecular formula is C22H23N3O4. The Labute approximate surface area is 168 Å². The minimum Gasteiger partial charge on any atom is -0.480 e. The van der Waals surface area contributed by atoms with Crippen LogP contribution in [0.25, 0.3) is 16.8 Å². The van der Waals surface area contributed by atoms with Gasteiger partial charge >= 0.3 is 5.97 Å². The molecule has 150 valence electrons. The summed E-state index contributed by atoms with van der Waals surface area (Å²) in [7, 11) is 0. The molecule has 1 saturated heterocycles. The van der Waals surface area contributed by atoms with Gasteiger partial charge in [-0.15, -0.1) is 0 Å². The molecule has 1 atom stereocenters. The molecule has 1 aromatic carbocycles. The third-order valence-corrected chi connectivity index (χ3v) is 5.21. The van der Waals surface area contributed by atoms with Gasteiger partial charge in [0.1, 0.15) is 19.0 Å². The number of fused-ring (bicyclic) bond motifs is 1. The van der Waals surface area contributed by atoms with Crippen LogP contribution in [0.2, 0.25) is 0 Å². The Morgan fingerprint density at radius 2 is 1.90 bits per heavy atom. The molecule has 7 heteroatoms. The van der Waals surface area contributed by atoms with Crippen molar-refractivity contribution in [3.63, 3.8) is 0 Å². The molecule has 0 saturated carbocycles. The Kier molecular flexibility index (Phi) is 5.57. The number of piperidine rings is 1. The number of nitrogens with zero attached hydrogens (tertiary/aromatic N) is 3. The van der Waals surface area contributed by atoms with Gasteiger partial charge < -0.3 is 19.1 Å². The summed E-state index contributed by atoms with van der Waals surface area (Å²) in [6.07, 6.45) is 3.83. The first-order valence-electron chi connectivity index (χ1n) is 9.73. The zero-order valence-corrected chi connectivity index (χ0v) is 16.0. The average molecular weight is 393 g/mol. The van der Waals surface area contributed by atoms with Crippen molar-refractivity contribution in [1.82, 2.24) is 14.3 Å². The summed E-state index contributed by atoms with van der Waals surface area (Å²) in [5, 5.41) is 8.66. The Morgan fingerprint density at radius 1 is 1.10 bits per heavy atom. The van der Waals surface area contributed by atoms with Crippen LogP contribution in [0, 0.1) is 0 Å². The van der Waals surface area contributed by atoms with E-state index in [-0.39, 0.29) is 18.4 Å². The molecule has 1 aliphatic heterocycles. The number of rotatable bonds is 6. The van der Waals surface area contributed by atoms with Gasteiger partial charge in [-0.05, 0) is 25.0 Å². The molecular weight excluding hydrogens is 370 g/mol. The molecule has 3 heterocycles. The van der Waals surface area contributed by atoms with E-state index in [9.17, 15) is 9.59 Å². The highest BCUT2D eigenvalue weighted by Gasteiger charge is 2.28. The molecule has 1 amide bonds. The van der Waals surface area contributed by atoms with E-state index in [0.29, 0.717) is 13.1 Å². The topological polar surface area (TPSA) is 84.1 Å². The lowest BCUT2D eigenvalue weighted by atomic mass is 9.97. The lowest BCUT2D eigenvalue weighted by Crippen LogP contribution is -2.41. The number of carbonyl (C=O) groups excluding carboxylic acids is 1. The van der Waals surface area contributed by atoms with E-state index < -0.39 is 12.6 Å². The first kappa shape index (κ1) is 19.1. The van der Waals surface area contributed by atoms with Crippen LogP contribution in [-0.2, 0) is 14.3 Å². The summed E-state index contributed by atoms with van der Waals surface area (Å²) >= 11 is 0. The fraction of sp³-hybridized carbons (Fsp3) is 0.318. The predicted octanol–water partition coefficient (Wildman–Crippen LogP) is 2.81. The van der Waals surface area contributed by atoms with Crippen LogP contribution in [0.3, 0.4) is 0 Å². The molecule has 1 aliphatic rings. The molecule has 3 aromatic rings. The summed E-state index contributed by atoms with van der Waals surface area (Å²) in [5.41, 5.74) is 3.05. The van der Waals surface area contributed by atoms with Crippen molar-refractivity contribution in [3.05, 3.63) is 60.6 Å². The molecule has 1 fully saturated rings. The van der Waals surface area contributed by atoms with Crippen molar-refractivity contribution in [2.24, 2.45) is 0 Å². The lowest BCUT2D eigenvalue weighted by molar-refractivity contribution is -0.146. The third-order valence-electron chi connectivity index (χ3n) is 5.21. The number of imidazole rings is 1. The molecule has 0 aliphatic carbocycles. The maximum absolute atomic E-state index is 12.4. The standard InChI is InChI=1S/C22H23N3O4/c26-19(14-29-15-20(27)28)24-11-6-9-17(13-24)22-23-21(16-7-2-1-3-8-16)18-10-4-5-12-25(18)22/h1-5,7-8,10,12,17H,6,9,11,13-15H2,(H,27,28). The SMILES string of the molecule is O=C(O)COCC(=O)N1CCCC(c2nc(-c3ccccc3)c3ccccn23)C1. The van der Waals surface area contributed by atoms with E-state index in [1.165, 1.54) is 0 Å². The Morgan fingerprint density at radius 3 is 2.69 bits per heavy atom. The van der Waals surface area contributed by atoms with E-state index in [0.717, 1.165) is 35.4 Å². The first-order valence-corrected chi connectivity index (χ1v) is 9.73. The van der Waals surface area contributed by atoms with Crippen LogP contribution < -0.4 is 0 Å². The van der Waals surface area contributed by atoms with Crippen molar-refractivity contribution in [2.45, 2.75) is 18.8 Å². The normalized spacial score (nSPS) is 16.8. The van der Waals surface area contributed by atoms with Crippen LogP contribution >= 0.6 is 0 Å². The van der Waals surface area contributed by atoms with E-state index >= 15 is 0 Å². The largest absolute Gasteiger partial charge is 0.480 e. The molecule has 2 aromatic heterocycles. The van der Waals surface area contributed by atoms with Crippen molar-refractivity contribution >= 4 is 17.4 Å². The molecule has 1 N–H and O–H groups in total. The van der Waals surface area contributed by atoms with Gasteiger partial charge in [-0.2, -0.15) is 0 Å². The fourth-order valence-electron chi connectivity index (χ4n) is 3.89. The van der Waals surface area contributed by atoms with Crippen molar-refractivity contribution in [1.29, 1.82) is 0 Å². The summed E-state index contributed by atoms with van der Waals surface area (Å²) in [4.78, 5) is 29.7. The van der Waals surface area contributed by atoms with Gasteiger partial charge in [0.15, 0.2) is 0 Å². The number of carboxylic acids is 1. The molecule has 7 nitrogen and oxygen atoms in total. The minimum absolute atomic E-state index is 0.111. The molecule has 0 spiro atoms. The Balaban J connectivity index is 1.58. The first-order chi connectivity index (χ1) is 14.1. The number of hydrogen-bond donors (Lipinski definition) is 1. The van der Waals surface area contributed by atoms with E-state index in [2.05, 4.69) is 22.6 Å². The number of hydrogen-bond acceptors (Lipinski definition) is 4. The van der Waals surface area contributed by atoms with Gasteiger partial charge in [0.25, 0.3) is 0 Å². The zero-order chi connectivity index (χ0) is 20.2. The highest BCUT2D eigenvalue weighted by Crippen LogP contribution is 2.32. The zero-order valence-electron chi connectivity index (χ0n) is 16.0. The van der Waals surface area contributed by atoms with Crippen LogP contribution in [0.4, 0.5) is 0 Å². The third kappa shape index (κ3) is 4.14. The Hall–Kier alpha value is -3.19. The minimum atomic E-state index is -1.08. The number of likely N-dealkylation sites (tertiary alicyclic amines) is 1. The van der Waals surface area contributed by atoms with Gasteiger partial charge in [-0.1, -0.05) is 36.4 Å². The van der Waals surface area contributed by atoms with Crippen LogP contribution in [0.5, 0.6) is 0 Å². The smallest absolute Gasteiger partial charge is 0.329 e. The van der Waals surface area contributed by atoms with Crippen molar-refractivity contribution < 1.29 is 19.4 Å². The van der Waals surface area contributed by atoms with E-state index in [4.69, 9.17) is 14.8 Å². The number of carbonyl (C=O) groups is 2. The van der Waals surface area contributed by atoms with Crippen LogP contribution in [0.15, 0.2) is 54.7 Å². The van der Waals surface area contributed by atoms with Crippen LogP contribution in [0.1, 0.15) is 24.6 Å². The molecule has 0 radical (unpaired) electrons. The molecule has 29 heavy (non-hydrogen) atoms. The lowest BCUT2D eigenvalue weighted by Gasteiger charge is -2.32.